The van der Waals surface area contributed by atoms with Gasteiger partial charge in [-0.2, -0.15) is 0 Å². The summed E-state index contributed by atoms with van der Waals surface area (Å²) in [5.74, 6) is -2.12. The molecule has 0 unspecified atom stereocenters. The molecule has 7 nitrogen and oxygen atoms in total. The van der Waals surface area contributed by atoms with Crippen LogP contribution in [0.5, 0.6) is 11.5 Å². The highest BCUT2D eigenvalue weighted by Gasteiger charge is 2.18. The van der Waals surface area contributed by atoms with Crippen LogP contribution in [0.2, 0.25) is 0 Å². The molecule has 0 amide bonds. The van der Waals surface area contributed by atoms with Crippen molar-refractivity contribution in [2.24, 2.45) is 0 Å². The largest absolute Gasteiger partial charge is 0.504 e. The molecule has 0 heterocycles. The minimum absolute atomic E-state index is 0. The van der Waals surface area contributed by atoms with E-state index in [2.05, 4.69) is 5.32 Å². The third-order valence-corrected chi connectivity index (χ3v) is 3.51. The molecule has 140 valence electrons. The number of carbonyl (C=O) groups excluding carboxylic acids is 1. The number of halogens is 1. The molecule has 0 saturated carbocycles. The fourth-order valence-electron chi connectivity index (χ4n) is 2.21. The first-order valence-electron chi connectivity index (χ1n) is 7.66. The van der Waals surface area contributed by atoms with Crippen molar-refractivity contribution in [1.82, 2.24) is 5.32 Å². The highest BCUT2D eigenvalue weighted by molar-refractivity contribution is 5.89. The van der Waals surface area contributed by atoms with E-state index in [0.29, 0.717) is 11.1 Å². The van der Waals surface area contributed by atoms with Gasteiger partial charge in [0.05, 0.1) is 5.56 Å². The van der Waals surface area contributed by atoms with Gasteiger partial charge in [0, 0.05) is 6.54 Å². The molecule has 0 fully saturated rings. The Morgan fingerprint density at radius 1 is 1.04 bits per heavy atom. The van der Waals surface area contributed by atoms with Gasteiger partial charge in [0.2, 0.25) is 0 Å². The lowest BCUT2D eigenvalue weighted by Crippen LogP contribution is -2.40. The van der Waals surface area contributed by atoms with Crippen LogP contribution in [0.15, 0.2) is 48.5 Å². The number of carboxylic acids is 1. The smallest absolute Gasteiger partial charge is 0.338 e. The zero-order chi connectivity index (χ0) is 18.2. The van der Waals surface area contributed by atoms with Crippen molar-refractivity contribution in [2.45, 2.75) is 12.5 Å². The number of ether oxygens (including phenoxy) is 1. The highest BCUT2D eigenvalue weighted by Crippen LogP contribution is 2.25. The number of rotatable bonds is 8. The summed E-state index contributed by atoms with van der Waals surface area (Å²) in [7, 11) is 0. The van der Waals surface area contributed by atoms with E-state index in [1.54, 1.807) is 30.3 Å². The first kappa shape index (κ1) is 21.3. The number of carbonyl (C=O) groups is 2. The molecular weight excluding hydrogens is 362 g/mol. The molecule has 0 saturated heterocycles. The number of hydrogen-bond donors (Lipinski definition) is 4. The zero-order valence-electron chi connectivity index (χ0n) is 13.8. The van der Waals surface area contributed by atoms with Gasteiger partial charge >= 0.3 is 11.9 Å². The molecule has 1 atom stereocenters. The first-order chi connectivity index (χ1) is 12.0. The molecule has 0 bridgehead atoms. The van der Waals surface area contributed by atoms with Crippen LogP contribution in [0.3, 0.4) is 0 Å². The number of aliphatic carboxylic acids is 1. The van der Waals surface area contributed by atoms with E-state index >= 15 is 0 Å². The molecular formula is C18H20ClNO6. The quantitative estimate of drug-likeness (QED) is 0.314. The van der Waals surface area contributed by atoms with Crippen LogP contribution in [-0.2, 0) is 16.0 Å². The van der Waals surface area contributed by atoms with Crippen LogP contribution in [-0.4, -0.2) is 46.5 Å². The fraction of sp³-hybridized carbons (Fsp3) is 0.222. The molecule has 2 rings (SSSR count). The van der Waals surface area contributed by atoms with Crippen molar-refractivity contribution >= 4 is 24.3 Å². The minimum atomic E-state index is -1.07. The molecule has 26 heavy (non-hydrogen) atoms. The number of carboxylic acid groups (broad SMARTS) is 1. The van der Waals surface area contributed by atoms with Crippen molar-refractivity contribution in [3.8, 4) is 11.5 Å². The SMILES string of the molecule is Cl.O=C(OCCN[C@@H](Cc1ccc(O)c(O)c1)C(=O)O)c1ccccc1. The Bertz CT molecular complexity index is 738. The zero-order valence-corrected chi connectivity index (χ0v) is 14.6. The summed E-state index contributed by atoms with van der Waals surface area (Å²) in [5, 5.41) is 30.8. The molecule has 0 spiro atoms. The second-order valence-corrected chi connectivity index (χ2v) is 5.37. The average molecular weight is 382 g/mol. The minimum Gasteiger partial charge on any atom is -0.504 e. The van der Waals surface area contributed by atoms with E-state index in [0.717, 1.165) is 0 Å². The second kappa shape index (κ2) is 10.3. The molecule has 0 radical (unpaired) electrons. The maximum atomic E-state index is 11.8. The summed E-state index contributed by atoms with van der Waals surface area (Å²) in [4.78, 5) is 23.1. The lowest BCUT2D eigenvalue weighted by Gasteiger charge is -2.15. The van der Waals surface area contributed by atoms with Gasteiger partial charge < -0.3 is 25.4 Å². The molecule has 8 heteroatoms. The Morgan fingerprint density at radius 3 is 2.35 bits per heavy atom. The van der Waals surface area contributed by atoms with Crippen molar-refractivity contribution < 1.29 is 29.6 Å². The van der Waals surface area contributed by atoms with E-state index in [4.69, 9.17) is 4.74 Å². The Hall–Kier alpha value is -2.77. The molecule has 2 aromatic rings. The predicted molar refractivity (Wildman–Crippen MR) is 96.9 cm³/mol. The van der Waals surface area contributed by atoms with Crippen molar-refractivity contribution in [2.75, 3.05) is 13.2 Å². The van der Waals surface area contributed by atoms with E-state index in [1.165, 1.54) is 18.2 Å². The Balaban J connectivity index is 0.00000338. The summed E-state index contributed by atoms with van der Waals surface area (Å²) in [5.41, 5.74) is 0.980. The van der Waals surface area contributed by atoms with Crippen molar-refractivity contribution in [3.63, 3.8) is 0 Å². The van der Waals surface area contributed by atoms with Gasteiger partial charge in [-0.1, -0.05) is 24.3 Å². The van der Waals surface area contributed by atoms with Crippen LogP contribution in [0, 0.1) is 0 Å². The van der Waals surface area contributed by atoms with Gasteiger partial charge in [-0.25, -0.2) is 4.79 Å². The maximum absolute atomic E-state index is 11.8. The number of esters is 1. The van der Waals surface area contributed by atoms with E-state index in [1.807, 2.05) is 0 Å². The van der Waals surface area contributed by atoms with Crippen LogP contribution >= 0.6 is 12.4 Å². The topological polar surface area (TPSA) is 116 Å². The second-order valence-electron chi connectivity index (χ2n) is 5.37. The van der Waals surface area contributed by atoms with Gasteiger partial charge in [-0.3, -0.25) is 4.79 Å². The fourth-order valence-corrected chi connectivity index (χ4v) is 2.21. The number of nitrogens with one attached hydrogen (secondary N) is 1. The lowest BCUT2D eigenvalue weighted by molar-refractivity contribution is -0.139. The highest BCUT2D eigenvalue weighted by atomic mass is 35.5. The van der Waals surface area contributed by atoms with Gasteiger partial charge in [0.15, 0.2) is 11.5 Å². The van der Waals surface area contributed by atoms with E-state index in [9.17, 15) is 24.9 Å². The molecule has 4 N–H and O–H groups in total. The molecule has 0 aromatic heterocycles. The van der Waals surface area contributed by atoms with Crippen molar-refractivity contribution in [1.29, 1.82) is 0 Å². The van der Waals surface area contributed by atoms with Gasteiger partial charge in [0.1, 0.15) is 12.6 Å². The monoisotopic (exact) mass is 381 g/mol. The normalized spacial score (nSPS) is 11.2. The number of phenols is 2. The van der Waals surface area contributed by atoms with Crippen LogP contribution in [0.1, 0.15) is 15.9 Å². The number of phenolic OH excluding ortho intramolecular Hbond substituents is 2. The molecule has 0 aliphatic rings. The third kappa shape index (κ3) is 6.27. The van der Waals surface area contributed by atoms with E-state index in [-0.39, 0.29) is 43.5 Å². The number of aromatic hydroxyl groups is 2. The summed E-state index contributed by atoms with van der Waals surface area (Å²) in [6, 6.07) is 11.7. The van der Waals surface area contributed by atoms with Crippen molar-refractivity contribution in [3.05, 3.63) is 59.7 Å². The van der Waals surface area contributed by atoms with Gasteiger partial charge in [0.25, 0.3) is 0 Å². The van der Waals surface area contributed by atoms with Gasteiger partial charge in [-0.15, -0.1) is 12.4 Å². The first-order valence-corrected chi connectivity index (χ1v) is 7.66. The average Bonchev–Trinajstić information content (AvgIpc) is 2.61. The standard InChI is InChI=1S/C18H19NO6.ClH/c20-15-7-6-12(11-16(15)21)10-14(17(22)23)19-8-9-25-18(24)13-4-2-1-3-5-13;/h1-7,11,14,19-21H,8-10H2,(H,22,23);1H/t14-;/m0./s1. The van der Waals surface area contributed by atoms with Gasteiger partial charge in [-0.05, 0) is 36.2 Å². The summed E-state index contributed by atoms with van der Waals surface area (Å²) >= 11 is 0. The van der Waals surface area contributed by atoms with E-state index < -0.39 is 18.0 Å². The van der Waals surface area contributed by atoms with Crippen LogP contribution in [0.4, 0.5) is 0 Å². The Morgan fingerprint density at radius 2 is 1.73 bits per heavy atom. The predicted octanol–water partition coefficient (Wildman–Crippen LogP) is 1.96. The maximum Gasteiger partial charge on any atom is 0.338 e. The molecule has 0 aliphatic carbocycles. The Kier molecular flexibility index (Phi) is 8.41. The molecule has 0 aliphatic heterocycles. The Labute approximate surface area is 156 Å². The van der Waals surface area contributed by atoms with Crippen LogP contribution in [0.25, 0.3) is 0 Å². The third-order valence-electron chi connectivity index (χ3n) is 3.51. The summed E-state index contributed by atoms with van der Waals surface area (Å²) in [6.45, 7) is 0.192. The molecule has 2 aromatic carbocycles. The number of hydrogen-bond acceptors (Lipinski definition) is 6. The summed E-state index contributed by atoms with van der Waals surface area (Å²) < 4.78 is 5.08. The van der Waals surface area contributed by atoms with Crippen LogP contribution < -0.4 is 5.32 Å². The lowest BCUT2D eigenvalue weighted by atomic mass is 10.1. The number of benzene rings is 2. The summed E-state index contributed by atoms with van der Waals surface area (Å²) in [6.07, 6.45) is 0.107.